The van der Waals surface area contributed by atoms with E-state index in [4.69, 9.17) is 5.73 Å². The first kappa shape index (κ1) is 19.9. The molecule has 3 atom stereocenters. The highest BCUT2D eigenvalue weighted by Gasteiger charge is 2.37. The Hall–Kier alpha value is -2.41. The molecule has 0 unspecified atom stereocenters. The van der Waals surface area contributed by atoms with Gasteiger partial charge in [0.05, 0.1) is 6.04 Å². The summed E-state index contributed by atoms with van der Waals surface area (Å²) in [6, 6.07) is 7.11. The second-order valence-electron chi connectivity index (χ2n) is 7.05. The van der Waals surface area contributed by atoms with E-state index in [0.29, 0.717) is 25.8 Å². The lowest BCUT2D eigenvalue weighted by molar-refractivity contribution is -0.145. The average Bonchev–Trinajstić information content (AvgIpc) is 3.08. The Morgan fingerprint density at radius 3 is 2.50 bits per heavy atom. The molecule has 2 amide bonds. The highest BCUT2D eigenvalue weighted by atomic mass is 16.4. The van der Waals surface area contributed by atoms with Gasteiger partial charge in [0.2, 0.25) is 11.8 Å². The van der Waals surface area contributed by atoms with Gasteiger partial charge in [0.25, 0.3) is 0 Å². The number of hydrogen-bond acceptors (Lipinski definition) is 4. The number of carbonyl (C=O) groups is 3. The summed E-state index contributed by atoms with van der Waals surface area (Å²) in [5.74, 6) is -2.03. The van der Waals surface area contributed by atoms with Crippen molar-refractivity contribution in [3.8, 4) is 0 Å². The SMILES string of the molecule is CC(C)[C@H](NC(=O)[C@@H]1CCCN1C(=O)[C@@H](N)Cc1ccccc1)C(=O)O. The molecule has 0 spiro atoms. The fourth-order valence-corrected chi connectivity index (χ4v) is 3.23. The topological polar surface area (TPSA) is 113 Å². The number of carboxylic acids is 1. The Labute approximate surface area is 153 Å². The number of carbonyl (C=O) groups excluding carboxylic acids is 2. The van der Waals surface area contributed by atoms with Crippen molar-refractivity contribution in [2.45, 2.75) is 51.2 Å². The van der Waals surface area contributed by atoms with Crippen LogP contribution in [0.2, 0.25) is 0 Å². The van der Waals surface area contributed by atoms with Gasteiger partial charge in [0.1, 0.15) is 12.1 Å². The van der Waals surface area contributed by atoms with Crippen LogP contribution in [0.25, 0.3) is 0 Å². The molecule has 1 heterocycles. The van der Waals surface area contributed by atoms with Crippen LogP contribution in [0.5, 0.6) is 0 Å². The van der Waals surface area contributed by atoms with E-state index in [0.717, 1.165) is 5.56 Å². The van der Waals surface area contributed by atoms with E-state index in [9.17, 15) is 19.5 Å². The van der Waals surface area contributed by atoms with Crippen molar-refractivity contribution >= 4 is 17.8 Å². The summed E-state index contributed by atoms with van der Waals surface area (Å²) in [4.78, 5) is 38.1. The molecule has 1 aromatic carbocycles. The number of hydrogen-bond donors (Lipinski definition) is 3. The predicted molar refractivity (Wildman–Crippen MR) is 97.3 cm³/mol. The molecular weight excluding hydrogens is 334 g/mol. The van der Waals surface area contributed by atoms with Crippen molar-refractivity contribution in [3.05, 3.63) is 35.9 Å². The Balaban J connectivity index is 2.02. The van der Waals surface area contributed by atoms with Gasteiger partial charge >= 0.3 is 5.97 Å². The Morgan fingerprint density at radius 2 is 1.92 bits per heavy atom. The number of nitrogens with one attached hydrogen (secondary N) is 1. The van der Waals surface area contributed by atoms with Crippen LogP contribution < -0.4 is 11.1 Å². The molecule has 26 heavy (non-hydrogen) atoms. The molecule has 0 radical (unpaired) electrons. The second kappa shape index (κ2) is 8.80. The molecule has 4 N–H and O–H groups in total. The van der Waals surface area contributed by atoms with E-state index >= 15 is 0 Å². The molecule has 0 aromatic heterocycles. The first-order valence-electron chi connectivity index (χ1n) is 8.94. The molecule has 1 saturated heterocycles. The van der Waals surface area contributed by atoms with Crippen molar-refractivity contribution in [2.24, 2.45) is 11.7 Å². The highest BCUT2D eigenvalue weighted by Crippen LogP contribution is 2.20. The number of carboxylic acid groups (broad SMARTS) is 1. The number of nitrogens with zero attached hydrogens (tertiary/aromatic N) is 1. The van der Waals surface area contributed by atoms with Crippen molar-refractivity contribution in [2.75, 3.05) is 6.54 Å². The maximum atomic E-state index is 12.7. The average molecular weight is 361 g/mol. The first-order valence-corrected chi connectivity index (χ1v) is 8.94. The molecule has 142 valence electrons. The zero-order valence-electron chi connectivity index (χ0n) is 15.2. The van der Waals surface area contributed by atoms with E-state index in [1.807, 2.05) is 30.3 Å². The third-order valence-electron chi connectivity index (χ3n) is 4.68. The van der Waals surface area contributed by atoms with Gasteiger partial charge in [-0.25, -0.2) is 4.79 Å². The lowest BCUT2D eigenvalue weighted by atomic mass is 10.0. The number of benzene rings is 1. The van der Waals surface area contributed by atoms with Gasteiger partial charge in [-0.05, 0) is 30.7 Å². The quantitative estimate of drug-likeness (QED) is 0.664. The predicted octanol–water partition coefficient (Wildman–Crippen LogP) is 0.773. The summed E-state index contributed by atoms with van der Waals surface area (Å²) in [7, 11) is 0. The zero-order valence-corrected chi connectivity index (χ0v) is 15.2. The lowest BCUT2D eigenvalue weighted by Gasteiger charge is -2.28. The van der Waals surface area contributed by atoms with Gasteiger partial charge in [0.15, 0.2) is 0 Å². The minimum absolute atomic E-state index is 0.248. The van der Waals surface area contributed by atoms with E-state index < -0.39 is 30.0 Å². The minimum atomic E-state index is -1.08. The van der Waals surface area contributed by atoms with Gasteiger partial charge < -0.3 is 21.1 Å². The highest BCUT2D eigenvalue weighted by molar-refractivity contribution is 5.92. The summed E-state index contributed by atoms with van der Waals surface area (Å²) in [5, 5.41) is 11.8. The molecule has 7 nitrogen and oxygen atoms in total. The number of nitrogens with two attached hydrogens (primary N) is 1. The number of aliphatic carboxylic acids is 1. The molecule has 7 heteroatoms. The van der Waals surface area contributed by atoms with Crippen LogP contribution in [0.1, 0.15) is 32.3 Å². The first-order chi connectivity index (χ1) is 12.3. The van der Waals surface area contributed by atoms with Crippen molar-refractivity contribution < 1.29 is 19.5 Å². The van der Waals surface area contributed by atoms with Crippen LogP contribution in [0.3, 0.4) is 0 Å². The third kappa shape index (κ3) is 4.82. The summed E-state index contributed by atoms with van der Waals surface area (Å²) in [6.07, 6.45) is 1.61. The van der Waals surface area contributed by atoms with Gasteiger partial charge in [-0.3, -0.25) is 9.59 Å². The molecule has 0 aliphatic carbocycles. The number of likely N-dealkylation sites (tertiary alicyclic amines) is 1. The van der Waals surface area contributed by atoms with E-state index in [1.54, 1.807) is 13.8 Å². The van der Waals surface area contributed by atoms with Crippen molar-refractivity contribution in [1.29, 1.82) is 0 Å². The molecule has 1 fully saturated rings. The fraction of sp³-hybridized carbons (Fsp3) is 0.526. The van der Waals surface area contributed by atoms with E-state index in [-0.39, 0.29) is 11.8 Å². The monoisotopic (exact) mass is 361 g/mol. The summed E-state index contributed by atoms with van der Waals surface area (Å²) < 4.78 is 0. The van der Waals surface area contributed by atoms with Crippen LogP contribution in [0.15, 0.2) is 30.3 Å². The van der Waals surface area contributed by atoms with Crippen LogP contribution in [0.4, 0.5) is 0 Å². The summed E-state index contributed by atoms with van der Waals surface area (Å²) in [6.45, 7) is 3.91. The molecule has 0 saturated carbocycles. The lowest BCUT2D eigenvalue weighted by Crippen LogP contribution is -2.55. The van der Waals surface area contributed by atoms with Crippen molar-refractivity contribution in [1.82, 2.24) is 10.2 Å². The van der Waals surface area contributed by atoms with Crippen LogP contribution >= 0.6 is 0 Å². The molecule has 0 bridgehead atoms. The summed E-state index contributed by atoms with van der Waals surface area (Å²) in [5.41, 5.74) is 7.03. The number of rotatable bonds is 7. The third-order valence-corrected chi connectivity index (χ3v) is 4.68. The minimum Gasteiger partial charge on any atom is -0.480 e. The van der Waals surface area contributed by atoms with Gasteiger partial charge in [-0.15, -0.1) is 0 Å². The smallest absolute Gasteiger partial charge is 0.326 e. The molecular formula is C19H27N3O4. The molecule has 2 rings (SSSR count). The van der Waals surface area contributed by atoms with Gasteiger partial charge in [-0.2, -0.15) is 0 Å². The van der Waals surface area contributed by atoms with Gasteiger partial charge in [0, 0.05) is 6.54 Å². The summed E-state index contributed by atoms with van der Waals surface area (Å²) >= 11 is 0. The van der Waals surface area contributed by atoms with E-state index in [2.05, 4.69) is 5.32 Å². The second-order valence-corrected chi connectivity index (χ2v) is 7.05. The Kier molecular flexibility index (Phi) is 6.74. The van der Waals surface area contributed by atoms with Gasteiger partial charge in [-0.1, -0.05) is 44.2 Å². The van der Waals surface area contributed by atoms with Crippen LogP contribution in [-0.4, -0.2) is 52.5 Å². The maximum absolute atomic E-state index is 12.7. The molecule has 1 aliphatic rings. The largest absolute Gasteiger partial charge is 0.480 e. The zero-order chi connectivity index (χ0) is 19.3. The van der Waals surface area contributed by atoms with Crippen LogP contribution in [0, 0.1) is 5.92 Å². The number of amides is 2. The Morgan fingerprint density at radius 1 is 1.27 bits per heavy atom. The maximum Gasteiger partial charge on any atom is 0.326 e. The normalized spacial score (nSPS) is 19.2. The fourth-order valence-electron chi connectivity index (χ4n) is 3.23. The van der Waals surface area contributed by atoms with Crippen molar-refractivity contribution in [3.63, 3.8) is 0 Å². The molecule has 1 aromatic rings. The van der Waals surface area contributed by atoms with Crippen LogP contribution in [-0.2, 0) is 20.8 Å². The van der Waals surface area contributed by atoms with E-state index in [1.165, 1.54) is 4.90 Å². The molecule has 1 aliphatic heterocycles. The Bertz CT molecular complexity index is 647. The standard InChI is InChI=1S/C19H27N3O4/c1-12(2)16(19(25)26)21-17(23)15-9-6-10-22(15)18(24)14(20)11-13-7-4-3-5-8-13/h3-5,7-8,12,14-16H,6,9-11,20H2,1-2H3,(H,21,23)(H,25,26)/t14-,15-,16-/m0/s1.